The van der Waals surface area contributed by atoms with E-state index < -0.39 is 0 Å². The Morgan fingerprint density at radius 2 is 1.96 bits per heavy atom. The van der Waals surface area contributed by atoms with Gasteiger partial charge in [0, 0.05) is 30.2 Å². The lowest BCUT2D eigenvalue weighted by Crippen LogP contribution is -2.26. The van der Waals surface area contributed by atoms with Crippen LogP contribution in [0.25, 0.3) is 11.3 Å². The maximum absolute atomic E-state index is 12.5. The zero-order chi connectivity index (χ0) is 17.8. The fourth-order valence-corrected chi connectivity index (χ4v) is 2.62. The molecule has 3 aromatic rings. The van der Waals surface area contributed by atoms with Crippen LogP contribution in [0.3, 0.4) is 0 Å². The maximum atomic E-state index is 12.5. The lowest BCUT2D eigenvalue weighted by Gasteiger charge is -2.15. The number of carbonyl (C=O) groups is 1. The summed E-state index contributed by atoms with van der Waals surface area (Å²) < 4.78 is 10.4. The van der Waals surface area contributed by atoms with E-state index in [0.29, 0.717) is 17.3 Å². The van der Waals surface area contributed by atoms with Gasteiger partial charge in [-0.05, 0) is 29.8 Å². The van der Waals surface area contributed by atoms with Crippen molar-refractivity contribution in [3.05, 3.63) is 70.9 Å². The zero-order valence-corrected chi connectivity index (χ0v) is 14.7. The Kier molecular flexibility index (Phi) is 5.05. The highest BCUT2D eigenvalue weighted by atomic mass is 35.5. The van der Waals surface area contributed by atoms with Crippen molar-refractivity contribution in [3.8, 4) is 17.1 Å². The molecule has 0 aliphatic heterocycles. The van der Waals surface area contributed by atoms with Gasteiger partial charge in [-0.1, -0.05) is 41.0 Å². The van der Waals surface area contributed by atoms with Gasteiger partial charge in [-0.25, -0.2) is 0 Å². The number of methoxy groups -OCH3 is 1. The van der Waals surface area contributed by atoms with Crippen molar-refractivity contribution >= 4 is 17.5 Å². The third-order valence-electron chi connectivity index (χ3n) is 3.76. The van der Waals surface area contributed by atoms with E-state index in [1.807, 2.05) is 36.4 Å². The molecule has 0 spiro atoms. The van der Waals surface area contributed by atoms with Gasteiger partial charge in [-0.2, -0.15) is 0 Å². The second kappa shape index (κ2) is 7.40. The molecule has 0 bridgehead atoms. The van der Waals surface area contributed by atoms with Gasteiger partial charge in [-0.15, -0.1) is 0 Å². The van der Waals surface area contributed by atoms with Crippen molar-refractivity contribution in [1.29, 1.82) is 0 Å². The van der Waals surface area contributed by atoms with Crippen LogP contribution in [0.4, 0.5) is 0 Å². The molecule has 1 amide bonds. The fraction of sp³-hybridized carbons (Fsp3) is 0.158. The first kappa shape index (κ1) is 17.0. The second-order valence-corrected chi connectivity index (χ2v) is 6.03. The Bertz CT molecular complexity index is 874. The van der Waals surface area contributed by atoms with Gasteiger partial charge in [0.25, 0.3) is 5.91 Å². The van der Waals surface area contributed by atoms with E-state index in [9.17, 15) is 4.79 Å². The molecule has 0 radical (unpaired) electrons. The minimum atomic E-state index is -0.215. The predicted octanol–water partition coefficient (Wildman–Crippen LogP) is 4.28. The number of benzene rings is 2. The molecule has 2 aromatic carbocycles. The van der Waals surface area contributed by atoms with Crippen molar-refractivity contribution in [1.82, 2.24) is 10.1 Å². The summed E-state index contributed by atoms with van der Waals surface area (Å²) in [7, 11) is 3.34. The molecular formula is C19H17ClN2O3. The number of aromatic nitrogens is 1. The van der Waals surface area contributed by atoms with Crippen LogP contribution >= 0.6 is 11.6 Å². The number of halogens is 1. The third kappa shape index (κ3) is 4.00. The highest BCUT2D eigenvalue weighted by Gasteiger charge is 2.18. The molecule has 25 heavy (non-hydrogen) atoms. The molecule has 0 saturated carbocycles. The maximum Gasteiger partial charge on any atom is 0.276 e. The summed E-state index contributed by atoms with van der Waals surface area (Å²) in [6.07, 6.45) is 0. The van der Waals surface area contributed by atoms with Crippen LogP contribution < -0.4 is 4.74 Å². The molecule has 0 aliphatic carbocycles. The van der Waals surface area contributed by atoms with Gasteiger partial charge in [0.05, 0.1) is 7.11 Å². The quantitative estimate of drug-likeness (QED) is 0.684. The summed E-state index contributed by atoms with van der Waals surface area (Å²) in [6.45, 7) is 0.461. The number of ether oxygens (including phenoxy) is 1. The van der Waals surface area contributed by atoms with Crippen molar-refractivity contribution < 1.29 is 14.1 Å². The van der Waals surface area contributed by atoms with E-state index in [1.165, 1.54) is 0 Å². The second-order valence-electron chi connectivity index (χ2n) is 5.60. The Labute approximate surface area is 150 Å². The number of amides is 1. The number of hydrogen-bond acceptors (Lipinski definition) is 4. The standard InChI is InChI=1S/C19H17ClN2O3/c1-22(12-13-6-8-16(24-2)9-7-13)19(23)17-11-18(25-21-17)14-4-3-5-15(20)10-14/h3-11H,12H2,1-2H3. The number of rotatable bonds is 5. The first-order valence-electron chi connectivity index (χ1n) is 7.68. The van der Waals surface area contributed by atoms with Crippen molar-refractivity contribution in [3.63, 3.8) is 0 Å². The van der Waals surface area contributed by atoms with E-state index in [4.69, 9.17) is 20.9 Å². The monoisotopic (exact) mass is 356 g/mol. The zero-order valence-electron chi connectivity index (χ0n) is 13.9. The minimum Gasteiger partial charge on any atom is -0.497 e. The predicted molar refractivity (Wildman–Crippen MR) is 95.7 cm³/mol. The van der Waals surface area contributed by atoms with Gasteiger partial charge >= 0.3 is 0 Å². The molecule has 3 rings (SSSR count). The summed E-state index contributed by atoms with van der Waals surface area (Å²) in [6, 6.07) is 16.4. The average Bonchev–Trinajstić information content (AvgIpc) is 3.12. The van der Waals surface area contributed by atoms with Gasteiger partial charge < -0.3 is 14.2 Å². The van der Waals surface area contributed by atoms with E-state index in [2.05, 4.69) is 5.16 Å². The summed E-state index contributed by atoms with van der Waals surface area (Å²) >= 11 is 5.98. The third-order valence-corrected chi connectivity index (χ3v) is 4.00. The first-order valence-corrected chi connectivity index (χ1v) is 8.05. The molecule has 1 heterocycles. The molecular weight excluding hydrogens is 340 g/mol. The smallest absolute Gasteiger partial charge is 0.276 e. The van der Waals surface area contributed by atoms with Crippen molar-refractivity contribution in [2.75, 3.05) is 14.2 Å². The van der Waals surface area contributed by atoms with Crippen molar-refractivity contribution in [2.45, 2.75) is 6.54 Å². The Morgan fingerprint density at radius 1 is 1.20 bits per heavy atom. The summed E-state index contributed by atoms with van der Waals surface area (Å²) in [4.78, 5) is 14.1. The number of carbonyl (C=O) groups excluding carboxylic acids is 1. The molecule has 0 atom stereocenters. The summed E-state index contributed by atoms with van der Waals surface area (Å²) in [5.41, 5.74) is 2.03. The average molecular weight is 357 g/mol. The van der Waals surface area contributed by atoms with Crippen LogP contribution in [-0.2, 0) is 6.54 Å². The van der Waals surface area contributed by atoms with E-state index in [1.54, 1.807) is 37.3 Å². The first-order chi connectivity index (χ1) is 12.1. The number of hydrogen-bond donors (Lipinski definition) is 0. The van der Waals surface area contributed by atoms with Gasteiger partial charge in [-0.3, -0.25) is 4.79 Å². The molecule has 0 saturated heterocycles. The van der Waals surface area contributed by atoms with Crippen LogP contribution in [0.15, 0.2) is 59.1 Å². The highest BCUT2D eigenvalue weighted by Crippen LogP contribution is 2.24. The normalized spacial score (nSPS) is 10.5. The molecule has 0 fully saturated rings. The Balaban J connectivity index is 1.72. The van der Waals surface area contributed by atoms with E-state index >= 15 is 0 Å². The molecule has 1 aromatic heterocycles. The Hall–Kier alpha value is -2.79. The van der Waals surface area contributed by atoms with Crippen LogP contribution in [-0.4, -0.2) is 30.1 Å². The topological polar surface area (TPSA) is 55.6 Å². The SMILES string of the molecule is COc1ccc(CN(C)C(=O)c2cc(-c3cccc(Cl)c3)on2)cc1. The van der Waals surface area contributed by atoms with Gasteiger partial charge in [0.2, 0.25) is 0 Å². The molecule has 0 unspecified atom stereocenters. The van der Waals surface area contributed by atoms with E-state index in [-0.39, 0.29) is 11.6 Å². The molecule has 6 heteroatoms. The minimum absolute atomic E-state index is 0.215. The summed E-state index contributed by atoms with van der Waals surface area (Å²) in [5.74, 6) is 1.07. The lowest BCUT2D eigenvalue weighted by molar-refractivity contribution is 0.0775. The number of nitrogens with zero attached hydrogens (tertiary/aromatic N) is 2. The van der Waals surface area contributed by atoms with Crippen LogP contribution in [0.5, 0.6) is 5.75 Å². The van der Waals surface area contributed by atoms with Crippen LogP contribution in [0, 0.1) is 0 Å². The van der Waals surface area contributed by atoms with Crippen LogP contribution in [0.1, 0.15) is 16.1 Å². The fourth-order valence-electron chi connectivity index (χ4n) is 2.43. The van der Waals surface area contributed by atoms with Gasteiger partial charge in [0.15, 0.2) is 11.5 Å². The van der Waals surface area contributed by atoms with E-state index in [0.717, 1.165) is 16.9 Å². The summed E-state index contributed by atoms with van der Waals surface area (Å²) in [5, 5.41) is 4.48. The van der Waals surface area contributed by atoms with Crippen molar-refractivity contribution in [2.24, 2.45) is 0 Å². The van der Waals surface area contributed by atoms with Gasteiger partial charge in [0.1, 0.15) is 5.75 Å². The molecule has 0 aliphatic rings. The van der Waals surface area contributed by atoms with Crippen LogP contribution in [0.2, 0.25) is 5.02 Å². The Morgan fingerprint density at radius 3 is 2.64 bits per heavy atom. The largest absolute Gasteiger partial charge is 0.497 e. The molecule has 5 nitrogen and oxygen atoms in total. The highest BCUT2D eigenvalue weighted by molar-refractivity contribution is 6.30. The molecule has 128 valence electrons. The molecule has 0 N–H and O–H groups in total. The lowest BCUT2D eigenvalue weighted by atomic mass is 10.1.